The minimum atomic E-state index is -3.90. The summed E-state index contributed by atoms with van der Waals surface area (Å²) < 4.78 is 28.3. The highest BCUT2D eigenvalue weighted by Crippen LogP contribution is 2.22. The van der Waals surface area contributed by atoms with Crippen molar-refractivity contribution >= 4 is 31.9 Å². The van der Waals surface area contributed by atoms with Crippen LogP contribution in [0, 0.1) is 5.92 Å². The molecule has 0 aliphatic rings. The minimum absolute atomic E-state index is 0.122. The number of hydrogen-bond donors (Lipinski definition) is 2. The van der Waals surface area contributed by atoms with Crippen molar-refractivity contribution < 1.29 is 17.9 Å². The Kier molecular flexibility index (Phi) is 6.33. The Labute approximate surface area is 133 Å². The minimum Gasteiger partial charge on any atom is -0.383 e. The summed E-state index contributed by atoms with van der Waals surface area (Å²) in [5.74, 6) is -0.190. The van der Waals surface area contributed by atoms with E-state index in [-0.39, 0.29) is 28.3 Å². The standard InChI is InChI=1S/C13H19BrN2O4S/c1-8(2)11(7-20-3)16-13(17)9-4-5-10(14)12(6-9)21(15,18)19/h4-6,8,11H,7H2,1-3H3,(H,16,17)(H2,15,18,19). The fraction of sp³-hybridized carbons (Fsp3) is 0.462. The number of nitrogens with two attached hydrogens (primary N) is 1. The van der Waals surface area contributed by atoms with Crippen LogP contribution in [0.1, 0.15) is 24.2 Å². The zero-order valence-electron chi connectivity index (χ0n) is 12.1. The third kappa shape index (κ3) is 5.06. The van der Waals surface area contributed by atoms with Crippen molar-refractivity contribution in [1.82, 2.24) is 5.32 Å². The van der Waals surface area contributed by atoms with Gasteiger partial charge in [-0.3, -0.25) is 4.79 Å². The van der Waals surface area contributed by atoms with Crippen LogP contribution in [0.5, 0.6) is 0 Å². The molecule has 0 aliphatic heterocycles. The van der Waals surface area contributed by atoms with Gasteiger partial charge in [-0.05, 0) is 40.0 Å². The van der Waals surface area contributed by atoms with Gasteiger partial charge in [-0.2, -0.15) is 0 Å². The zero-order chi connectivity index (χ0) is 16.2. The van der Waals surface area contributed by atoms with Crippen LogP contribution in [0.3, 0.4) is 0 Å². The Morgan fingerprint density at radius 3 is 2.52 bits per heavy atom. The van der Waals surface area contributed by atoms with Crippen LogP contribution in [0.25, 0.3) is 0 Å². The molecule has 0 radical (unpaired) electrons. The van der Waals surface area contributed by atoms with E-state index in [4.69, 9.17) is 9.88 Å². The van der Waals surface area contributed by atoms with Crippen molar-refractivity contribution in [3.63, 3.8) is 0 Å². The number of carbonyl (C=O) groups excluding carboxylic acids is 1. The first-order chi connectivity index (χ1) is 9.66. The summed E-state index contributed by atoms with van der Waals surface area (Å²) >= 11 is 3.10. The molecule has 0 aromatic heterocycles. The molecule has 0 bridgehead atoms. The van der Waals surface area contributed by atoms with Crippen molar-refractivity contribution in [2.45, 2.75) is 24.8 Å². The summed E-state index contributed by atoms with van der Waals surface area (Å²) in [6.45, 7) is 4.30. The van der Waals surface area contributed by atoms with E-state index >= 15 is 0 Å². The average molecular weight is 379 g/mol. The SMILES string of the molecule is COCC(NC(=O)c1ccc(Br)c(S(N)(=O)=O)c1)C(C)C. The number of ether oxygens (including phenoxy) is 1. The Bertz CT molecular complexity index is 617. The summed E-state index contributed by atoms with van der Waals surface area (Å²) in [5, 5.41) is 7.93. The van der Waals surface area contributed by atoms with Crippen LogP contribution < -0.4 is 10.5 Å². The maximum atomic E-state index is 12.2. The van der Waals surface area contributed by atoms with Gasteiger partial charge in [0.05, 0.1) is 17.5 Å². The van der Waals surface area contributed by atoms with Crippen molar-refractivity contribution in [1.29, 1.82) is 0 Å². The molecule has 6 nitrogen and oxygen atoms in total. The third-order valence-corrected chi connectivity index (χ3v) is 4.87. The number of sulfonamides is 1. The molecule has 1 amide bonds. The topological polar surface area (TPSA) is 98.5 Å². The smallest absolute Gasteiger partial charge is 0.251 e. The summed E-state index contributed by atoms with van der Waals surface area (Å²) in [6.07, 6.45) is 0. The first-order valence-corrected chi connectivity index (χ1v) is 8.63. The monoisotopic (exact) mass is 378 g/mol. The lowest BCUT2D eigenvalue weighted by molar-refractivity contribution is 0.0866. The molecule has 1 rings (SSSR count). The van der Waals surface area contributed by atoms with E-state index in [0.29, 0.717) is 11.1 Å². The first kappa shape index (κ1) is 18.1. The Balaban J connectivity index is 3.03. The lowest BCUT2D eigenvalue weighted by Crippen LogP contribution is -2.41. The molecule has 0 saturated heterocycles. The van der Waals surface area contributed by atoms with Gasteiger partial charge < -0.3 is 10.1 Å². The van der Waals surface area contributed by atoms with Gasteiger partial charge in [0, 0.05) is 17.1 Å². The third-order valence-electron chi connectivity index (χ3n) is 2.97. The van der Waals surface area contributed by atoms with E-state index in [9.17, 15) is 13.2 Å². The van der Waals surface area contributed by atoms with E-state index in [1.54, 1.807) is 7.11 Å². The Hall–Kier alpha value is -0.960. The van der Waals surface area contributed by atoms with E-state index in [1.807, 2.05) is 13.8 Å². The summed E-state index contributed by atoms with van der Waals surface area (Å²) in [5.41, 5.74) is 0.226. The lowest BCUT2D eigenvalue weighted by Gasteiger charge is -2.21. The molecule has 1 aromatic rings. The number of amides is 1. The first-order valence-electron chi connectivity index (χ1n) is 6.29. The highest BCUT2D eigenvalue weighted by molar-refractivity contribution is 9.10. The van der Waals surface area contributed by atoms with Crippen molar-refractivity contribution in [2.24, 2.45) is 11.1 Å². The maximum Gasteiger partial charge on any atom is 0.251 e. The molecule has 0 fully saturated rings. The molecule has 1 unspecified atom stereocenters. The van der Waals surface area contributed by atoms with Gasteiger partial charge in [-0.1, -0.05) is 13.8 Å². The molecular formula is C13H19BrN2O4S. The molecule has 0 saturated carbocycles. The van der Waals surface area contributed by atoms with Crippen molar-refractivity contribution in [3.8, 4) is 0 Å². The summed E-state index contributed by atoms with van der Waals surface area (Å²) in [4.78, 5) is 12.1. The fourth-order valence-corrected chi connectivity index (χ4v) is 3.25. The molecule has 21 heavy (non-hydrogen) atoms. The molecule has 8 heteroatoms. The molecule has 1 atom stereocenters. The molecule has 0 aliphatic carbocycles. The number of methoxy groups -OCH3 is 1. The summed E-state index contributed by atoms with van der Waals surface area (Å²) in [6, 6.07) is 4.09. The van der Waals surface area contributed by atoms with Crippen molar-refractivity contribution in [3.05, 3.63) is 28.2 Å². The van der Waals surface area contributed by atoms with Crippen LogP contribution in [0.2, 0.25) is 0 Å². The van der Waals surface area contributed by atoms with Gasteiger partial charge in [-0.25, -0.2) is 13.6 Å². The van der Waals surface area contributed by atoms with Crippen LogP contribution in [-0.2, 0) is 14.8 Å². The second-order valence-corrected chi connectivity index (χ2v) is 7.35. The lowest BCUT2D eigenvalue weighted by atomic mass is 10.0. The van der Waals surface area contributed by atoms with Gasteiger partial charge in [0.15, 0.2) is 0 Å². The van der Waals surface area contributed by atoms with Crippen LogP contribution in [-0.4, -0.2) is 34.1 Å². The second kappa shape index (κ2) is 7.35. The van der Waals surface area contributed by atoms with E-state index in [0.717, 1.165) is 0 Å². The van der Waals surface area contributed by atoms with Crippen LogP contribution >= 0.6 is 15.9 Å². The number of carbonyl (C=O) groups is 1. The summed E-state index contributed by atoms with van der Waals surface area (Å²) in [7, 11) is -2.34. The van der Waals surface area contributed by atoms with Gasteiger partial charge in [0.2, 0.25) is 10.0 Å². The highest BCUT2D eigenvalue weighted by atomic mass is 79.9. The quantitative estimate of drug-likeness (QED) is 0.783. The normalized spacial score (nSPS) is 13.2. The van der Waals surface area contributed by atoms with E-state index < -0.39 is 10.0 Å². The molecule has 0 spiro atoms. The fourth-order valence-electron chi connectivity index (χ4n) is 1.69. The molecule has 1 aromatic carbocycles. The molecular weight excluding hydrogens is 360 g/mol. The van der Waals surface area contributed by atoms with Gasteiger partial charge in [0.1, 0.15) is 0 Å². The van der Waals surface area contributed by atoms with E-state index in [1.165, 1.54) is 18.2 Å². The van der Waals surface area contributed by atoms with Gasteiger partial charge >= 0.3 is 0 Å². The van der Waals surface area contributed by atoms with Crippen LogP contribution in [0.15, 0.2) is 27.6 Å². The zero-order valence-corrected chi connectivity index (χ0v) is 14.5. The second-order valence-electron chi connectivity index (χ2n) is 4.97. The molecule has 0 heterocycles. The average Bonchev–Trinajstić information content (AvgIpc) is 2.37. The predicted octanol–water partition coefficient (Wildman–Crippen LogP) is 1.50. The van der Waals surface area contributed by atoms with Gasteiger partial charge in [-0.15, -0.1) is 0 Å². The predicted molar refractivity (Wildman–Crippen MR) is 83.5 cm³/mol. The number of nitrogens with one attached hydrogen (secondary N) is 1. The number of halogens is 1. The molecule has 118 valence electrons. The van der Waals surface area contributed by atoms with E-state index in [2.05, 4.69) is 21.2 Å². The molecule has 3 N–H and O–H groups in total. The number of benzene rings is 1. The van der Waals surface area contributed by atoms with Gasteiger partial charge in [0.25, 0.3) is 5.91 Å². The highest BCUT2D eigenvalue weighted by Gasteiger charge is 2.20. The van der Waals surface area contributed by atoms with Crippen LogP contribution in [0.4, 0.5) is 0 Å². The largest absolute Gasteiger partial charge is 0.383 e. The number of rotatable bonds is 6. The number of hydrogen-bond acceptors (Lipinski definition) is 4. The van der Waals surface area contributed by atoms with Crippen molar-refractivity contribution in [2.75, 3.05) is 13.7 Å². The Morgan fingerprint density at radius 2 is 2.05 bits per heavy atom. The number of primary sulfonamides is 1. The Morgan fingerprint density at radius 1 is 1.43 bits per heavy atom. The maximum absolute atomic E-state index is 12.2.